The molecule has 0 radical (unpaired) electrons. The number of amides is 1. The van der Waals surface area contributed by atoms with E-state index in [1.807, 2.05) is 11.9 Å². The van der Waals surface area contributed by atoms with Crippen LogP contribution < -0.4 is 0 Å². The highest BCUT2D eigenvalue weighted by atomic mass is 16.3. The molecule has 1 saturated carbocycles. The Labute approximate surface area is 86.1 Å². The fourth-order valence-corrected chi connectivity index (χ4v) is 1.69. The Bertz CT molecular complexity index is 188. The van der Waals surface area contributed by atoms with Gasteiger partial charge in [-0.05, 0) is 32.1 Å². The summed E-state index contributed by atoms with van der Waals surface area (Å²) in [4.78, 5) is 13.3. The van der Waals surface area contributed by atoms with Gasteiger partial charge >= 0.3 is 0 Å². The fourth-order valence-electron chi connectivity index (χ4n) is 1.69. The molecule has 0 bridgehead atoms. The lowest BCUT2D eigenvalue weighted by molar-refractivity contribution is -0.131. The lowest BCUT2D eigenvalue weighted by atomic mass is 9.85. The molecule has 0 aliphatic heterocycles. The van der Waals surface area contributed by atoms with E-state index >= 15 is 0 Å². The molecule has 0 heterocycles. The van der Waals surface area contributed by atoms with Crippen molar-refractivity contribution >= 4 is 5.91 Å². The highest BCUT2D eigenvalue weighted by molar-refractivity contribution is 5.75. The maximum Gasteiger partial charge on any atom is 0.222 e. The summed E-state index contributed by atoms with van der Waals surface area (Å²) < 4.78 is 0. The van der Waals surface area contributed by atoms with Crippen LogP contribution in [0, 0.1) is 5.92 Å². The summed E-state index contributed by atoms with van der Waals surface area (Å²) in [6, 6.07) is 0. The minimum absolute atomic E-state index is 0.165. The third-order valence-corrected chi connectivity index (χ3v) is 2.96. The summed E-state index contributed by atoms with van der Waals surface area (Å²) in [7, 11) is 1.86. The third-order valence-electron chi connectivity index (χ3n) is 2.96. The molecule has 1 N–H and O–H groups in total. The Morgan fingerprint density at radius 2 is 2.21 bits per heavy atom. The minimum Gasteiger partial charge on any atom is -0.393 e. The van der Waals surface area contributed by atoms with Gasteiger partial charge in [0.15, 0.2) is 0 Å². The van der Waals surface area contributed by atoms with Crippen molar-refractivity contribution in [2.75, 3.05) is 13.6 Å². The van der Waals surface area contributed by atoms with E-state index in [0.29, 0.717) is 12.8 Å². The van der Waals surface area contributed by atoms with Crippen molar-refractivity contribution in [2.45, 2.75) is 45.1 Å². The van der Waals surface area contributed by atoms with E-state index < -0.39 is 0 Å². The lowest BCUT2D eigenvalue weighted by Crippen LogP contribution is -2.34. The van der Waals surface area contributed by atoms with E-state index in [2.05, 4.69) is 0 Å². The first-order valence-electron chi connectivity index (χ1n) is 5.51. The number of carbonyl (C=O) groups is 1. The minimum atomic E-state index is -0.365. The molecule has 1 amide bonds. The molecular weight excluding hydrogens is 178 g/mol. The number of hydrogen-bond donors (Lipinski definition) is 1. The monoisotopic (exact) mass is 199 g/mol. The number of hydrogen-bond acceptors (Lipinski definition) is 2. The number of rotatable bonds is 5. The van der Waals surface area contributed by atoms with Crippen molar-refractivity contribution < 1.29 is 9.90 Å². The number of nitrogens with zero attached hydrogens (tertiary/aromatic N) is 1. The molecule has 3 nitrogen and oxygen atoms in total. The van der Waals surface area contributed by atoms with Gasteiger partial charge in [-0.15, -0.1) is 0 Å². The molecule has 0 saturated heterocycles. The second-order valence-corrected chi connectivity index (χ2v) is 4.46. The second-order valence-electron chi connectivity index (χ2n) is 4.46. The van der Waals surface area contributed by atoms with E-state index in [-0.39, 0.29) is 12.0 Å². The van der Waals surface area contributed by atoms with Gasteiger partial charge in [-0.3, -0.25) is 4.79 Å². The quantitative estimate of drug-likeness (QED) is 0.727. The summed E-state index contributed by atoms with van der Waals surface area (Å²) in [5.74, 6) is 0.897. The van der Waals surface area contributed by atoms with Crippen molar-refractivity contribution in [3.8, 4) is 0 Å². The zero-order valence-electron chi connectivity index (χ0n) is 9.20. The van der Waals surface area contributed by atoms with Gasteiger partial charge in [-0.25, -0.2) is 0 Å². The molecule has 1 aliphatic rings. The third kappa shape index (κ3) is 3.66. The summed E-state index contributed by atoms with van der Waals surface area (Å²) in [6.07, 6.45) is 4.55. The van der Waals surface area contributed by atoms with Gasteiger partial charge in [0.1, 0.15) is 0 Å². The zero-order valence-corrected chi connectivity index (χ0v) is 9.20. The first-order valence-corrected chi connectivity index (χ1v) is 5.51. The average molecular weight is 199 g/mol. The molecule has 0 aromatic carbocycles. The van der Waals surface area contributed by atoms with E-state index in [4.69, 9.17) is 5.11 Å². The number of aliphatic hydroxyl groups is 1. The van der Waals surface area contributed by atoms with Crippen LogP contribution in [0.2, 0.25) is 0 Å². The second kappa shape index (κ2) is 5.35. The maximum atomic E-state index is 11.5. The van der Waals surface area contributed by atoms with E-state index in [1.165, 1.54) is 19.3 Å². The van der Waals surface area contributed by atoms with Crippen molar-refractivity contribution in [2.24, 2.45) is 5.92 Å². The van der Waals surface area contributed by atoms with E-state index in [0.717, 1.165) is 12.5 Å². The van der Waals surface area contributed by atoms with Crippen LogP contribution in [0.1, 0.15) is 39.0 Å². The van der Waals surface area contributed by atoms with Gasteiger partial charge in [0.2, 0.25) is 5.91 Å². The van der Waals surface area contributed by atoms with Crippen molar-refractivity contribution in [1.29, 1.82) is 0 Å². The Morgan fingerprint density at radius 1 is 1.57 bits per heavy atom. The molecule has 1 aliphatic carbocycles. The van der Waals surface area contributed by atoms with Crippen LogP contribution in [0.5, 0.6) is 0 Å². The highest BCUT2D eigenvalue weighted by Crippen LogP contribution is 2.26. The molecule has 82 valence electrons. The van der Waals surface area contributed by atoms with Crippen LogP contribution in [0.3, 0.4) is 0 Å². The van der Waals surface area contributed by atoms with E-state index in [1.54, 1.807) is 6.92 Å². The molecule has 14 heavy (non-hydrogen) atoms. The Balaban J connectivity index is 2.14. The number of carbonyl (C=O) groups excluding carboxylic acids is 1. The molecule has 0 spiro atoms. The van der Waals surface area contributed by atoms with Crippen LogP contribution >= 0.6 is 0 Å². The molecule has 0 aromatic rings. The maximum absolute atomic E-state index is 11.5. The summed E-state index contributed by atoms with van der Waals surface area (Å²) >= 11 is 0. The Kier molecular flexibility index (Phi) is 4.39. The van der Waals surface area contributed by atoms with Crippen LogP contribution in [0.15, 0.2) is 0 Å². The van der Waals surface area contributed by atoms with Crippen molar-refractivity contribution in [1.82, 2.24) is 4.90 Å². The molecular formula is C11H21NO2. The highest BCUT2D eigenvalue weighted by Gasteiger charge is 2.21. The lowest BCUT2D eigenvalue weighted by Gasteiger charge is -2.30. The van der Waals surface area contributed by atoms with Gasteiger partial charge in [0.05, 0.1) is 6.10 Å². The van der Waals surface area contributed by atoms with Crippen LogP contribution in [-0.4, -0.2) is 35.6 Å². The van der Waals surface area contributed by atoms with Gasteiger partial charge in [0.25, 0.3) is 0 Å². The topological polar surface area (TPSA) is 40.5 Å². The predicted octanol–water partition coefficient (Wildman–Crippen LogP) is 1.41. The molecule has 1 atom stereocenters. The zero-order chi connectivity index (χ0) is 10.6. The number of aliphatic hydroxyl groups excluding tert-OH is 1. The first kappa shape index (κ1) is 11.5. The molecule has 0 aromatic heterocycles. The SMILES string of the molecule is CC(O)CCC(=O)N(C)CC1CCC1. The summed E-state index contributed by atoms with van der Waals surface area (Å²) in [5.41, 5.74) is 0. The van der Waals surface area contributed by atoms with Gasteiger partial charge in [-0.2, -0.15) is 0 Å². The predicted molar refractivity (Wildman–Crippen MR) is 55.9 cm³/mol. The summed E-state index contributed by atoms with van der Waals surface area (Å²) in [5, 5.41) is 9.05. The van der Waals surface area contributed by atoms with Crippen molar-refractivity contribution in [3.63, 3.8) is 0 Å². The fraction of sp³-hybridized carbons (Fsp3) is 0.909. The van der Waals surface area contributed by atoms with Gasteiger partial charge < -0.3 is 10.0 Å². The first-order chi connectivity index (χ1) is 6.59. The normalized spacial score (nSPS) is 18.8. The smallest absolute Gasteiger partial charge is 0.222 e. The van der Waals surface area contributed by atoms with Crippen molar-refractivity contribution in [3.05, 3.63) is 0 Å². The van der Waals surface area contributed by atoms with Crippen LogP contribution in [0.4, 0.5) is 0 Å². The molecule has 3 heteroatoms. The summed E-state index contributed by atoms with van der Waals surface area (Å²) in [6.45, 7) is 2.62. The van der Waals surface area contributed by atoms with Crippen LogP contribution in [-0.2, 0) is 4.79 Å². The van der Waals surface area contributed by atoms with E-state index in [9.17, 15) is 4.79 Å². The Hall–Kier alpha value is -0.570. The molecule has 1 rings (SSSR count). The Morgan fingerprint density at radius 3 is 2.64 bits per heavy atom. The van der Waals surface area contributed by atoms with Gasteiger partial charge in [0, 0.05) is 20.0 Å². The molecule has 1 unspecified atom stereocenters. The van der Waals surface area contributed by atoms with Crippen LogP contribution in [0.25, 0.3) is 0 Å². The standard InChI is InChI=1S/C11H21NO2/c1-9(13)6-7-11(14)12(2)8-10-4-3-5-10/h9-10,13H,3-8H2,1-2H3. The molecule has 1 fully saturated rings. The van der Waals surface area contributed by atoms with Gasteiger partial charge in [-0.1, -0.05) is 6.42 Å². The average Bonchev–Trinajstić information content (AvgIpc) is 2.06. The largest absolute Gasteiger partial charge is 0.393 e.